The fourth-order valence-corrected chi connectivity index (χ4v) is 5.66. The Hall–Kier alpha value is -4.14. The molecule has 2 aromatic carbocycles. The maximum Gasteiger partial charge on any atom is 0.259 e. The first-order chi connectivity index (χ1) is 18.7. The predicted molar refractivity (Wildman–Crippen MR) is 135 cm³/mol. The van der Waals surface area contributed by atoms with E-state index in [9.17, 15) is 27.1 Å². The number of fused-ring (bicyclic) bond motifs is 1. The molecule has 3 heterocycles. The summed E-state index contributed by atoms with van der Waals surface area (Å²) in [6, 6.07) is 11.4. The Morgan fingerprint density at radius 2 is 1.90 bits per heavy atom. The van der Waals surface area contributed by atoms with Crippen LogP contribution in [-0.4, -0.2) is 62.1 Å². The van der Waals surface area contributed by atoms with Crippen LogP contribution in [0.15, 0.2) is 59.5 Å². The largest absolute Gasteiger partial charge is 0.394 e. The van der Waals surface area contributed by atoms with Crippen molar-refractivity contribution in [1.82, 2.24) is 29.5 Å². The molecule has 202 valence electrons. The molecule has 1 aliphatic rings. The summed E-state index contributed by atoms with van der Waals surface area (Å²) < 4.78 is 57.0. The number of aliphatic hydroxyl groups excluding tert-OH is 1. The normalized spacial score (nSPS) is 14.6. The van der Waals surface area contributed by atoms with Crippen LogP contribution in [0.3, 0.4) is 0 Å². The number of halogens is 2. The standard InChI is InChI=1S/C25H23F2N7O4S/c1-15(14-35)34-24(30-31-32-34)22-3-2-4-23(28-22)29-25(36)20-11-17-13-33(10-9-16(17)12-21(20)27)39(37,38)19-7-5-18(26)6-8-19/h2-8,11-12,15,35H,9-10,13-14H2,1H3,(H,28,29,36)/t15-/m1/s1. The van der Waals surface area contributed by atoms with Crippen molar-refractivity contribution in [2.24, 2.45) is 0 Å². The summed E-state index contributed by atoms with van der Waals surface area (Å²) in [7, 11) is -3.92. The maximum absolute atomic E-state index is 14.9. The van der Waals surface area contributed by atoms with Crippen LogP contribution in [0.25, 0.3) is 11.5 Å². The molecule has 0 radical (unpaired) electrons. The van der Waals surface area contributed by atoms with Crippen LogP contribution in [0.5, 0.6) is 0 Å². The molecular weight excluding hydrogens is 532 g/mol. The first kappa shape index (κ1) is 26.5. The molecule has 5 rings (SSSR count). The van der Waals surface area contributed by atoms with E-state index in [1.807, 2.05) is 0 Å². The van der Waals surface area contributed by atoms with E-state index in [-0.39, 0.29) is 48.2 Å². The van der Waals surface area contributed by atoms with Crippen LogP contribution < -0.4 is 5.32 Å². The van der Waals surface area contributed by atoms with Gasteiger partial charge in [0.05, 0.1) is 23.1 Å². The zero-order chi connectivity index (χ0) is 27.7. The second kappa shape index (κ2) is 10.6. The summed E-state index contributed by atoms with van der Waals surface area (Å²) in [4.78, 5) is 17.3. The summed E-state index contributed by atoms with van der Waals surface area (Å²) in [5, 5.41) is 23.4. The number of hydrogen-bond acceptors (Lipinski definition) is 8. The maximum atomic E-state index is 14.9. The van der Waals surface area contributed by atoms with Crippen molar-refractivity contribution in [2.45, 2.75) is 30.8 Å². The Morgan fingerprint density at radius 3 is 2.64 bits per heavy atom. The molecule has 1 atom stereocenters. The number of sulfonamides is 1. The highest BCUT2D eigenvalue weighted by molar-refractivity contribution is 7.89. The lowest BCUT2D eigenvalue weighted by molar-refractivity contribution is 0.102. The highest BCUT2D eigenvalue weighted by Gasteiger charge is 2.30. The Bertz CT molecular complexity index is 1640. The average Bonchev–Trinajstić information content (AvgIpc) is 3.42. The van der Waals surface area contributed by atoms with E-state index >= 15 is 0 Å². The molecule has 1 aliphatic heterocycles. The van der Waals surface area contributed by atoms with E-state index < -0.39 is 33.6 Å². The molecule has 1 amide bonds. The van der Waals surface area contributed by atoms with Gasteiger partial charge in [-0.1, -0.05) is 6.07 Å². The summed E-state index contributed by atoms with van der Waals surface area (Å²) in [5.74, 6) is -1.70. The third-order valence-electron chi connectivity index (χ3n) is 6.36. The third kappa shape index (κ3) is 5.26. The molecule has 0 aliphatic carbocycles. The van der Waals surface area contributed by atoms with Gasteiger partial charge in [-0.2, -0.15) is 4.31 Å². The van der Waals surface area contributed by atoms with Gasteiger partial charge in [-0.3, -0.25) is 4.79 Å². The second-order valence-corrected chi connectivity index (χ2v) is 10.9. The van der Waals surface area contributed by atoms with Crippen LogP contribution in [0.4, 0.5) is 14.6 Å². The first-order valence-electron chi connectivity index (χ1n) is 11.9. The Kier molecular flexibility index (Phi) is 7.16. The van der Waals surface area contributed by atoms with Crippen molar-refractivity contribution in [2.75, 3.05) is 18.5 Å². The van der Waals surface area contributed by atoms with Crippen molar-refractivity contribution >= 4 is 21.7 Å². The number of carbonyl (C=O) groups is 1. The number of benzene rings is 2. The monoisotopic (exact) mass is 555 g/mol. The predicted octanol–water partition coefficient (Wildman–Crippen LogP) is 2.57. The number of tetrazole rings is 1. The van der Waals surface area contributed by atoms with E-state index in [0.29, 0.717) is 16.8 Å². The smallest absolute Gasteiger partial charge is 0.259 e. The minimum atomic E-state index is -3.92. The second-order valence-electron chi connectivity index (χ2n) is 8.98. The van der Waals surface area contributed by atoms with Gasteiger partial charge in [0.25, 0.3) is 5.91 Å². The van der Waals surface area contributed by atoms with Gasteiger partial charge in [0.15, 0.2) is 0 Å². The third-order valence-corrected chi connectivity index (χ3v) is 8.22. The van der Waals surface area contributed by atoms with Crippen molar-refractivity contribution in [3.8, 4) is 11.5 Å². The number of nitrogens with one attached hydrogen (secondary N) is 1. The van der Waals surface area contributed by atoms with E-state index in [0.717, 1.165) is 12.1 Å². The van der Waals surface area contributed by atoms with Gasteiger partial charge in [-0.25, -0.2) is 26.9 Å². The molecule has 11 nitrogen and oxygen atoms in total. The lowest BCUT2D eigenvalue weighted by Crippen LogP contribution is -2.36. The zero-order valence-electron chi connectivity index (χ0n) is 20.6. The lowest BCUT2D eigenvalue weighted by Gasteiger charge is -2.28. The molecule has 14 heteroatoms. The van der Waals surface area contributed by atoms with Gasteiger partial charge < -0.3 is 10.4 Å². The Labute approximate surface area is 222 Å². The number of nitrogens with zero attached hydrogens (tertiary/aromatic N) is 6. The van der Waals surface area contributed by atoms with E-state index in [1.54, 1.807) is 19.1 Å². The van der Waals surface area contributed by atoms with Crippen LogP contribution in [0.2, 0.25) is 0 Å². The van der Waals surface area contributed by atoms with Crippen molar-refractivity contribution in [3.05, 3.63) is 82.9 Å². The molecule has 2 N–H and O–H groups in total. The highest BCUT2D eigenvalue weighted by atomic mass is 32.2. The van der Waals surface area contributed by atoms with Gasteiger partial charge in [-0.05, 0) is 83.4 Å². The molecule has 0 unspecified atom stereocenters. The molecule has 39 heavy (non-hydrogen) atoms. The molecule has 2 aromatic heterocycles. The zero-order valence-corrected chi connectivity index (χ0v) is 21.4. The van der Waals surface area contributed by atoms with Crippen LogP contribution in [-0.2, 0) is 23.0 Å². The number of anilines is 1. The molecule has 0 bridgehead atoms. The van der Waals surface area contributed by atoms with Gasteiger partial charge in [0.1, 0.15) is 23.1 Å². The van der Waals surface area contributed by atoms with Crippen LogP contribution in [0.1, 0.15) is 34.5 Å². The number of pyridine rings is 1. The topological polar surface area (TPSA) is 143 Å². The van der Waals surface area contributed by atoms with Gasteiger partial charge in [-0.15, -0.1) is 5.10 Å². The molecule has 0 spiro atoms. The van der Waals surface area contributed by atoms with Crippen LogP contribution >= 0.6 is 0 Å². The summed E-state index contributed by atoms with van der Waals surface area (Å²) in [6.07, 6.45) is 0.249. The minimum Gasteiger partial charge on any atom is -0.394 e. The molecule has 0 saturated heterocycles. The fraction of sp³-hybridized carbons (Fsp3) is 0.240. The molecule has 0 saturated carbocycles. The van der Waals surface area contributed by atoms with Crippen molar-refractivity contribution < 1.29 is 27.1 Å². The average molecular weight is 556 g/mol. The molecule has 0 fully saturated rings. The lowest BCUT2D eigenvalue weighted by atomic mass is 9.97. The number of aliphatic hydroxyl groups is 1. The van der Waals surface area contributed by atoms with E-state index in [2.05, 4.69) is 25.8 Å². The van der Waals surface area contributed by atoms with Crippen molar-refractivity contribution in [1.29, 1.82) is 0 Å². The van der Waals surface area contributed by atoms with Gasteiger partial charge in [0.2, 0.25) is 15.8 Å². The molecule has 4 aromatic rings. The van der Waals surface area contributed by atoms with Crippen LogP contribution in [0, 0.1) is 11.6 Å². The number of aromatic nitrogens is 5. The van der Waals surface area contributed by atoms with E-state index in [4.69, 9.17) is 0 Å². The number of rotatable bonds is 7. The SMILES string of the molecule is C[C@H](CO)n1nnnc1-c1cccc(NC(=O)c2cc3c(cc2F)CCN(S(=O)(=O)c2ccc(F)cc2)C3)n1. The molecular formula is C25H23F2N7O4S. The number of carbonyl (C=O) groups excluding carboxylic acids is 1. The fourth-order valence-electron chi connectivity index (χ4n) is 4.24. The van der Waals surface area contributed by atoms with E-state index in [1.165, 1.54) is 39.3 Å². The van der Waals surface area contributed by atoms with Gasteiger partial charge in [0, 0.05) is 13.1 Å². The highest BCUT2D eigenvalue weighted by Crippen LogP contribution is 2.28. The van der Waals surface area contributed by atoms with Gasteiger partial charge >= 0.3 is 0 Å². The van der Waals surface area contributed by atoms with Crippen molar-refractivity contribution in [3.63, 3.8) is 0 Å². The summed E-state index contributed by atoms with van der Waals surface area (Å²) in [6.45, 7) is 1.56. The summed E-state index contributed by atoms with van der Waals surface area (Å²) in [5.41, 5.74) is 1.13. The Balaban J connectivity index is 1.38. The number of amides is 1. The number of hydrogen-bond donors (Lipinski definition) is 2. The summed E-state index contributed by atoms with van der Waals surface area (Å²) >= 11 is 0. The first-order valence-corrected chi connectivity index (χ1v) is 13.4. The quantitative estimate of drug-likeness (QED) is 0.354. The Morgan fingerprint density at radius 1 is 1.13 bits per heavy atom. The minimum absolute atomic E-state index is 0.0576.